The second kappa shape index (κ2) is 6.46. The minimum Gasteiger partial charge on any atom is -0.496 e. The first-order valence-corrected chi connectivity index (χ1v) is 8.18. The number of hydrogen-bond acceptors (Lipinski definition) is 5. The summed E-state index contributed by atoms with van der Waals surface area (Å²) in [5.41, 5.74) is 1.43. The lowest BCUT2D eigenvalue weighted by Crippen LogP contribution is -2.51. The maximum atomic E-state index is 12.6. The van der Waals surface area contributed by atoms with Crippen LogP contribution in [-0.2, 0) is 0 Å². The average molecular weight is 317 g/mol. The van der Waals surface area contributed by atoms with Crippen LogP contribution in [0.1, 0.15) is 17.4 Å². The van der Waals surface area contributed by atoms with Gasteiger partial charge in [0.2, 0.25) is 0 Å². The molecule has 1 N–H and O–H groups in total. The van der Waals surface area contributed by atoms with E-state index < -0.39 is 0 Å². The van der Waals surface area contributed by atoms with Gasteiger partial charge in [-0.15, -0.1) is 11.3 Å². The Morgan fingerprint density at radius 3 is 3.05 bits per heavy atom. The zero-order valence-corrected chi connectivity index (χ0v) is 13.5. The van der Waals surface area contributed by atoms with Gasteiger partial charge in [0.05, 0.1) is 12.7 Å². The van der Waals surface area contributed by atoms with Crippen LogP contribution in [0, 0.1) is 0 Å². The quantitative estimate of drug-likeness (QED) is 0.943. The molecule has 1 aliphatic rings. The zero-order valence-electron chi connectivity index (χ0n) is 12.7. The number of amides is 1. The summed E-state index contributed by atoms with van der Waals surface area (Å²) in [6, 6.07) is 8.04. The average Bonchev–Trinajstić information content (AvgIpc) is 3.04. The van der Waals surface area contributed by atoms with Crippen molar-refractivity contribution in [3.63, 3.8) is 0 Å². The van der Waals surface area contributed by atoms with Gasteiger partial charge in [0.15, 0.2) is 0 Å². The van der Waals surface area contributed by atoms with Crippen molar-refractivity contribution in [2.24, 2.45) is 0 Å². The molecule has 0 spiro atoms. The van der Waals surface area contributed by atoms with Crippen molar-refractivity contribution in [1.29, 1.82) is 0 Å². The van der Waals surface area contributed by atoms with E-state index in [0.29, 0.717) is 11.7 Å². The van der Waals surface area contributed by atoms with Crippen molar-refractivity contribution in [2.45, 2.75) is 13.0 Å². The third-order valence-corrected chi connectivity index (χ3v) is 4.59. The molecule has 2 aromatic rings. The Hall–Kier alpha value is -1.92. The monoisotopic (exact) mass is 317 g/mol. The zero-order chi connectivity index (χ0) is 15.5. The number of benzene rings is 1. The maximum absolute atomic E-state index is 12.6. The van der Waals surface area contributed by atoms with E-state index in [9.17, 15) is 4.79 Å². The molecule has 1 amide bonds. The number of carbonyl (C=O) groups is 1. The van der Waals surface area contributed by atoms with Gasteiger partial charge in [0.25, 0.3) is 5.91 Å². The number of para-hydroxylation sites is 1. The Bertz CT molecular complexity index is 671. The van der Waals surface area contributed by atoms with Gasteiger partial charge in [-0.1, -0.05) is 12.1 Å². The number of carbonyl (C=O) groups excluding carboxylic acids is 1. The Labute approximate surface area is 133 Å². The highest BCUT2D eigenvalue weighted by molar-refractivity contribution is 7.13. The van der Waals surface area contributed by atoms with Gasteiger partial charge in [0, 0.05) is 31.1 Å². The minimum atomic E-state index is 0.00532. The SMILES string of the molecule is COc1ccccc1-c1nc(C(=O)N2CCNC(C)C2)cs1. The molecule has 0 aliphatic carbocycles. The molecule has 1 unspecified atom stereocenters. The molecule has 0 saturated carbocycles. The number of hydrogen-bond donors (Lipinski definition) is 1. The van der Waals surface area contributed by atoms with E-state index in [-0.39, 0.29) is 5.91 Å². The summed E-state index contributed by atoms with van der Waals surface area (Å²) in [5, 5.41) is 5.98. The van der Waals surface area contributed by atoms with Gasteiger partial charge < -0.3 is 15.0 Å². The van der Waals surface area contributed by atoms with E-state index in [1.807, 2.05) is 34.5 Å². The molecule has 1 aromatic carbocycles. The summed E-state index contributed by atoms with van der Waals surface area (Å²) >= 11 is 1.47. The van der Waals surface area contributed by atoms with Crippen LogP contribution in [0.4, 0.5) is 0 Å². The van der Waals surface area contributed by atoms with Crippen molar-refractivity contribution in [1.82, 2.24) is 15.2 Å². The maximum Gasteiger partial charge on any atom is 0.273 e. The first-order chi connectivity index (χ1) is 10.7. The fraction of sp³-hybridized carbons (Fsp3) is 0.375. The summed E-state index contributed by atoms with van der Waals surface area (Å²) in [6.45, 7) is 4.36. The molecular weight excluding hydrogens is 298 g/mol. The Balaban J connectivity index is 1.83. The van der Waals surface area contributed by atoms with Crippen molar-refractivity contribution < 1.29 is 9.53 Å². The predicted molar refractivity (Wildman–Crippen MR) is 87.5 cm³/mol. The molecule has 1 aromatic heterocycles. The van der Waals surface area contributed by atoms with Crippen LogP contribution >= 0.6 is 11.3 Å². The second-order valence-corrected chi connectivity index (χ2v) is 6.20. The van der Waals surface area contributed by atoms with E-state index in [0.717, 1.165) is 36.0 Å². The lowest BCUT2D eigenvalue weighted by Gasteiger charge is -2.31. The number of thiazole rings is 1. The molecule has 3 rings (SSSR count). The summed E-state index contributed by atoms with van der Waals surface area (Å²) in [6.07, 6.45) is 0. The highest BCUT2D eigenvalue weighted by Crippen LogP contribution is 2.32. The second-order valence-electron chi connectivity index (χ2n) is 5.34. The first kappa shape index (κ1) is 15.0. The summed E-state index contributed by atoms with van der Waals surface area (Å²) in [4.78, 5) is 18.9. The van der Waals surface area contributed by atoms with E-state index in [4.69, 9.17) is 4.74 Å². The summed E-state index contributed by atoms with van der Waals surface area (Å²) in [7, 11) is 1.64. The number of ether oxygens (including phenoxy) is 1. The van der Waals surface area contributed by atoms with Crippen LogP contribution in [0.15, 0.2) is 29.6 Å². The van der Waals surface area contributed by atoms with Crippen molar-refractivity contribution in [3.8, 4) is 16.3 Å². The lowest BCUT2D eigenvalue weighted by atomic mass is 10.2. The number of aromatic nitrogens is 1. The molecule has 22 heavy (non-hydrogen) atoms. The van der Waals surface area contributed by atoms with Gasteiger partial charge in [0.1, 0.15) is 16.5 Å². The summed E-state index contributed by atoms with van der Waals surface area (Å²) < 4.78 is 5.36. The molecule has 1 fully saturated rings. The van der Waals surface area contributed by atoms with Crippen LogP contribution in [0.2, 0.25) is 0 Å². The summed E-state index contributed by atoms with van der Waals surface area (Å²) in [5.74, 6) is 0.775. The first-order valence-electron chi connectivity index (χ1n) is 7.30. The van der Waals surface area contributed by atoms with E-state index in [1.165, 1.54) is 11.3 Å². The molecule has 116 valence electrons. The van der Waals surface area contributed by atoms with Crippen molar-refractivity contribution in [3.05, 3.63) is 35.3 Å². The third-order valence-electron chi connectivity index (χ3n) is 3.72. The van der Waals surface area contributed by atoms with Crippen LogP contribution in [0.5, 0.6) is 5.75 Å². The number of rotatable bonds is 3. The fourth-order valence-corrected chi connectivity index (χ4v) is 3.42. The number of methoxy groups -OCH3 is 1. The fourth-order valence-electron chi connectivity index (χ4n) is 2.60. The van der Waals surface area contributed by atoms with E-state index >= 15 is 0 Å². The Kier molecular flexibility index (Phi) is 4.40. The van der Waals surface area contributed by atoms with Crippen LogP contribution in [-0.4, -0.2) is 48.6 Å². The molecule has 1 aliphatic heterocycles. The topological polar surface area (TPSA) is 54.5 Å². The molecule has 1 atom stereocenters. The standard InChI is InChI=1S/C16H19N3O2S/c1-11-9-19(8-7-17-11)16(20)13-10-22-15(18-13)12-5-3-4-6-14(12)21-2/h3-6,10-11,17H,7-9H2,1-2H3. The molecule has 0 bridgehead atoms. The lowest BCUT2D eigenvalue weighted by molar-refractivity contribution is 0.0704. The van der Waals surface area contributed by atoms with Gasteiger partial charge in [-0.25, -0.2) is 4.98 Å². The number of nitrogens with zero attached hydrogens (tertiary/aromatic N) is 2. The molecule has 2 heterocycles. The van der Waals surface area contributed by atoms with Crippen molar-refractivity contribution in [2.75, 3.05) is 26.7 Å². The molecule has 0 radical (unpaired) electrons. The normalized spacial score (nSPS) is 18.3. The van der Waals surface area contributed by atoms with Crippen LogP contribution in [0.3, 0.4) is 0 Å². The highest BCUT2D eigenvalue weighted by Gasteiger charge is 2.24. The smallest absolute Gasteiger partial charge is 0.273 e. The van der Waals surface area contributed by atoms with Gasteiger partial charge in [-0.3, -0.25) is 4.79 Å². The molecule has 6 heteroatoms. The largest absolute Gasteiger partial charge is 0.496 e. The Morgan fingerprint density at radius 2 is 2.27 bits per heavy atom. The third kappa shape index (κ3) is 2.98. The van der Waals surface area contributed by atoms with Gasteiger partial charge in [-0.05, 0) is 19.1 Å². The minimum absolute atomic E-state index is 0.00532. The Morgan fingerprint density at radius 1 is 1.45 bits per heavy atom. The van der Waals surface area contributed by atoms with E-state index in [1.54, 1.807) is 7.11 Å². The number of piperazine rings is 1. The number of nitrogens with one attached hydrogen (secondary N) is 1. The molecule has 1 saturated heterocycles. The van der Waals surface area contributed by atoms with Crippen LogP contribution in [0.25, 0.3) is 10.6 Å². The van der Waals surface area contributed by atoms with Crippen molar-refractivity contribution >= 4 is 17.2 Å². The van der Waals surface area contributed by atoms with E-state index in [2.05, 4.69) is 17.2 Å². The van der Waals surface area contributed by atoms with Gasteiger partial charge in [-0.2, -0.15) is 0 Å². The molecular formula is C16H19N3O2S. The predicted octanol–water partition coefficient (Wildman–Crippen LogP) is 2.25. The molecule has 5 nitrogen and oxygen atoms in total. The van der Waals surface area contributed by atoms with Crippen LogP contribution < -0.4 is 10.1 Å². The van der Waals surface area contributed by atoms with Gasteiger partial charge >= 0.3 is 0 Å². The highest BCUT2D eigenvalue weighted by atomic mass is 32.1.